The molecule has 2 fully saturated rings. The number of nitrogens with zero attached hydrogens (tertiary/aromatic N) is 1. The first-order valence-corrected chi connectivity index (χ1v) is 8.24. The molecular weight excluding hydrogens is 260 g/mol. The van der Waals surface area contributed by atoms with Gasteiger partial charge in [-0.05, 0) is 71.3 Å². The molecule has 0 saturated carbocycles. The van der Waals surface area contributed by atoms with E-state index in [1.165, 1.54) is 24.0 Å². The Bertz CT molecular complexity index is 500. The van der Waals surface area contributed by atoms with E-state index in [0.717, 1.165) is 38.0 Å². The predicted molar refractivity (Wildman–Crippen MR) is 85.9 cm³/mol. The Morgan fingerprint density at radius 1 is 1.10 bits per heavy atom. The van der Waals surface area contributed by atoms with Gasteiger partial charge in [0.05, 0.1) is 6.04 Å². The van der Waals surface area contributed by atoms with Gasteiger partial charge in [0.25, 0.3) is 0 Å². The molecule has 0 bridgehead atoms. The number of nitrogens with one attached hydrogen (secondary N) is 1. The molecule has 114 valence electrons. The van der Waals surface area contributed by atoms with Crippen molar-refractivity contribution < 1.29 is 4.79 Å². The average molecular weight is 286 g/mol. The van der Waals surface area contributed by atoms with Gasteiger partial charge < -0.3 is 5.32 Å². The van der Waals surface area contributed by atoms with E-state index in [1.807, 2.05) is 12.1 Å². The van der Waals surface area contributed by atoms with Crippen molar-refractivity contribution in [1.29, 1.82) is 0 Å². The third kappa shape index (κ3) is 3.19. The van der Waals surface area contributed by atoms with Gasteiger partial charge in [0.1, 0.15) is 0 Å². The molecule has 2 saturated heterocycles. The molecule has 1 atom stereocenters. The Morgan fingerprint density at radius 3 is 2.43 bits per heavy atom. The third-order valence-corrected chi connectivity index (χ3v) is 4.88. The summed E-state index contributed by atoms with van der Waals surface area (Å²) in [6.07, 6.45) is 4.54. The highest BCUT2D eigenvalue weighted by molar-refractivity contribution is 6.00. The SMILES string of the molecule is Cc1cc(C)cc(C(=O)C2CCCN2C2CCNCC2)c1. The third-order valence-electron chi connectivity index (χ3n) is 4.88. The summed E-state index contributed by atoms with van der Waals surface area (Å²) >= 11 is 0. The smallest absolute Gasteiger partial charge is 0.179 e. The molecule has 0 spiro atoms. The summed E-state index contributed by atoms with van der Waals surface area (Å²) in [7, 11) is 0. The molecular formula is C18H26N2O. The van der Waals surface area contributed by atoms with E-state index in [2.05, 4.69) is 30.1 Å². The lowest BCUT2D eigenvalue weighted by molar-refractivity contribution is 0.0783. The maximum absolute atomic E-state index is 12.9. The lowest BCUT2D eigenvalue weighted by atomic mass is 9.96. The summed E-state index contributed by atoms with van der Waals surface area (Å²) in [5.41, 5.74) is 3.27. The maximum atomic E-state index is 12.9. The second kappa shape index (κ2) is 6.29. The van der Waals surface area contributed by atoms with Crippen LogP contribution in [0.1, 0.15) is 47.2 Å². The minimum atomic E-state index is 0.106. The molecule has 3 rings (SSSR count). The van der Waals surface area contributed by atoms with E-state index in [0.29, 0.717) is 11.8 Å². The van der Waals surface area contributed by atoms with Gasteiger partial charge in [-0.15, -0.1) is 0 Å². The fraction of sp³-hybridized carbons (Fsp3) is 0.611. The van der Waals surface area contributed by atoms with E-state index < -0.39 is 0 Å². The van der Waals surface area contributed by atoms with Gasteiger partial charge in [0.15, 0.2) is 5.78 Å². The van der Waals surface area contributed by atoms with Crippen LogP contribution in [0.2, 0.25) is 0 Å². The van der Waals surface area contributed by atoms with E-state index in [1.54, 1.807) is 0 Å². The Labute approximate surface area is 127 Å². The first kappa shape index (κ1) is 14.7. The number of benzene rings is 1. The Kier molecular flexibility index (Phi) is 4.41. The standard InChI is InChI=1S/C18H26N2O/c1-13-10-14(2)12-15(11-13)18(21)17-4-3-9-20(17)16-5-7-19-8-6-16/h10-12,16-17,19H,3-9H2,1-2H3. The monoisotopic (exact) mass is 286 g/mol. The van der Waals surface area contributed by atoms with Crippen LogP contribution in [0.4, 0.5) is 0 Å². The number of rotatable bonds is 3. The second-order valence-electron chi connectivity index (χ2n) is 6.62. The number of piperidine rings is 1. The van der Waals surface area contributed by atoms with Crippen molar-refractivity contribution >= 4 is 5.78 Å². The number of hydrogen-bond acceptors (Lipinski definition) is 3. The van der Waals surface area contributed by atoms with Crippen LogP contribution in [-0.2, 0) is 0 Å². The van der Waals surface area contributed by atoms with Crippen LogP contribution >= 0.6 is 0 Å². The lowest BCUT2D eigenvalue weighted by Gasteiger charge is -2.35. The number of carbonyl (C=O) groups excluding carboxylic acids is 1. The molecule has 3 nitrogen and oxygen atoms in total. The molecule has 21 heavy (non-hydrogen) atoms. The van der Waals surface area contributed by atoms with E-state index >= 15 is 0 Å². The fourth-order valence-corrected chi connectivity index (χ4v) is 3.96. The van der Waals surface area contributed by atoms with Crippen LogP contribution < -0.4 is 5.32 Å². The van der Waals surface area contributed by atoms with Gasteiger partial charge in [-0.2, -0.15) is 0 Å². The maximum Gasteiger partial charge on any atom is 0.179 e. The molecule has 2 heterocycles. The summed E-state index contributed by atoms with van der Waals surface area (Å²) in [5.74, 6) is 0.331. The highest BCUT2D eigenvalue weighted by Gasteiger charge is 2.36. The fourth-order valence-electron chi connectivity index (χ4n) is 3.96. The molecule has 0 aromatic heterocycles. The van der Waals surface area contributed by atoms with E-state index in [-0.39, 0.29) is 6.04 Å². The van der Waals surface area contributed by atoms with Crippen molar-refractivity contribution in [1.82, 2.24) is 10.2 Å². The molecule has 2 aliphatic rings. The van der Waals surface area contributed by atoms with E-state index in [4.69, 9.17) is 0 Å². The summed E-state index contributed by atoms with van der Waals surface area (Å²) in [4.78, 5) is 15.4. The largest absolute Gasteiger partial charge is 0.317 e. The minimum Gasteiger partial charge on any atom is -0.317 e. The van der Waals surface area contributed by atoms with Gasteiger partial charge >= 0.3 is 0 Å². The normalized spacial score (nSPS) is 24.4. The molecule has 3 heteroatoms. The van der Waals surface area contributed by atoms with Gasteiger partial charge in [-0.25, -0.2) is 0 Å². The number of carbonyl (C=O) groups is 1. The van der Waals surface area contributed by atoms with Crippen molar-refractivity contribution in [2.75, 3.05) is 19.6 Å². The summed E-state index contributed by atoms with van der Waals surface area (Å²) < 4.78 is 0. The Hall–Kier alpha value is -1.19. The summed E-state index contributed by atoms with van der Waals surface area (Å²) in [5, 5.41) is 3.42. The molecule has 0 radical (unpaired) electrons. The number of ketones is 1. The van der Waals surface area contributed by atoms with Crippen molar-refractivity contribution in [2.45, 2.75) is 51.6 Å². The van der Waals surface area contributed by atoms with Crippen LogP contribution in [0.25, 0.3) is 0 Å². The van der Waals surface area contributed by atoms with Gasteiger partial charge in [0.2, 0.25) is 0 Å². The zero-order valence-electron chi connectivity index (χ0n) is 13.2. The van der Waals surface area contributed by atoms with Crippen molar-refractivity contribution in [2.24, 2.45) is 0 Å². The molecule has 1 aromatic rings. The molecule has 1 unspecified atom stereocenters. The zero-order valence-corrected chi connectivity index (χ0v) is 13.2. The van der Waals surface area contributed by atoms with Crippen LogP contribution in [0, 0.1) is 13.8 Å². The van der Waals surface area contributed by atoms with Crippen LogP contribution in [0.5, 0.6) is 0 Å². The number of Topliss-reactive ketones (excluding diaryl/α,β-unsaturated/α-hetero) is 1. The summed E-state index contributed by atoms with van der Waals surface area (Å²) in [6.45, 7) is 7.41. The molecule has 1 aromatic carbocycles. The quantitative estimate of drug-likeness (QED) is 0.867. The van der Waals surface area contributed by atoms with Crippen LogP contribution in [-0.4, -0.2) is 42.4 Å². The first-order chi connectivity index (χ1) is 10.1. The van der Waals surface area contributed by atoms with Crippen LogP contribution in [0.3, 0.4) is 0 Å². The number of hydrogen-bond donors (Lipinski definition) is 1. The average Bonchev–Trinajstić information content (AvgIpc) is 2.95. The predicted octanol–water partition coefficient (Wildman–Crippen LogP) is 2.70. The van der Waals surface area contributed by atoms with Gasteiger partial charge in [-0.3, -0.25) is 9.69 Å². The first-order valence-electron chi connectivity index (χ1n) is 8.24. The number of likely N-dealkylation sites (tertiary alicyclic amines) is 1. The Balaban J connectivity index is 1.79. The molecule has 0 aliphatic carbocycles. The highest BCUT2D eigenvalue weighted by Crippen LogP contribution is 2.27. The molecule has 0 amide bonds. The zero-order chi connectivity index (χ0) is 14.8. The van der Waals surface area contributed by atoms with Gasteiger partial charge in [-0.1, -0.05) is 17.2 Å². The minimum absolute atomic E-state index is 0.106. The van der Waals surface area contributed by atoms with E-state index in [9.17, 15) is 4.79 Å². The summed E-state index contributed by atoms with van der Waals surface area (Å²) in [6, 6.07) is 6.93. The molecule has 1 N–H and O–H groups in total. The Morgan fingerprint density at radius 2 is 1.76 bits per heavy atom. The van der Waals surface area contributed by atoms with Crippen molar-refractivity contribution in [3.8, 4) is 0 Å². The number of aryl methyl sites for hydroxylation is 2. The molecule has 2 aliphatic heterocycles. The van der Waals surface area contributed by atoms with Crippen molar-refractivity contribution in [3.63, 3.8) is 0 Å². The topological polar surface area (TPSA) is 32.3 Å². The van der Waals surface area contributed by atoms with Gasteiger partial charge in [0, 0.05) is 11.6 Å². The highest BCUT2D eigenvalue weighted by atomic mass is 16.1. The van der Waals surface area contributed by atoms with Crippen LogP contribution in [0.15, 0.2) is 18.2 Å². The second-order valence-corrected chi connectivity index (χ2v) is 6.62. The van der Waals surface area contributed by atoms with Crippen molar-refractivity contribution in [3.05, 3.63) is 34.9 Å². The lowest BCUT2D eigenvalue weighted by Crippen LogP contribution is -2.47.